The van der Waals surface area contributed by atoms with Crippen LogP contribution in [-0.4, -0.2) is 49.3 Å². The summed E-state index contributed by atoms with van der Waals surface area (Å²) in [6, 6.07) is 7.91. The van der Waals surface area contributed by atoms with Crippen molar-refractivity contribution in [2.45, 2.75) is 18.2 Å². The quantitative estimate of drug-likeness (QED) is 0.843. The number of carbonyl (C=O) groups excluding carboxylic acids is 1. The van der Waals surface area contributed by atoms with Crippen molar-refractivity contribution in [2.24, 2.45) is 0 Å². The van der Waals surface area contributed by atoms with E-state index in [1.54, 1.807) is 11.8 Å². The number of hydrogen-bond donors (Lipinski definition) is 1. The highest BCUT2D eigenvalue weighted by molar-refractivity contribution is 8.00. The molecule has 20 heavy (non-hydrogen) atoms. The molecule has 0 saturated carbocycles. The summed E-state index contributed by atoms with van der Waals surface area (Å²) in [6.07, 6.45) is 1.04. The predicted molar refractivity (Wildman–Crippen MR) is 82.4 cm³/mol. The highest BCUT2D eigenvalue weighted by Gasteiger charge is 2.15. The van der Waals surface area contributed by atoms with Gasteiger partial charge in [0.25, 0.3) is 0 Å². The molecule has 0 unspecified atom stereocenters. The van der Waals surface area contributed by atoms with Crippen LogP contribution in [0.2, 0.25) is 0 Å². The van der Waals surface area contributed by atoms with Crippen molar-refractivity contribution < 1.29 is 9.53 Å². The minimum atomic E-state index is 0.229. The first kappa shape index (κ1) is 15.2. The van der Waals surface area contributed by atoms with Gasteiger partial charge in [0.05, 0.1) is 12.4 Å². The fraction of sp³-hybridized carbons (Fsp3) is 0.533. The summed E-state index contributed by atoms with van der Waals surface area (Å²) < 4.78 is 5.40. The van der Waals surface area contributed by atoms with Crippen molar-refractivity contribution in [3.63, 3.8) is 0 Å². The summed E-state index contributed by atoms with van der Waals surface area (Å²) >= 11 is 1.59. The van der Waals surface area contributed by atoms with Gasteiger partial charge in [-0.25, -0.2) is 0 Å². The van der Waals surface area contributed by atoms with E-state index in [1.807, 2.05) is 36.1 Å². The number of rotatable bonds is 5. The van der Waals surface area contributed by atoms with Gasteiger partial charge in [-0.2, -0.15) is 0 Å². The van der Waals surface area contributed by atoms with Crippen molar-refractivity contribution in [3.05, 3.63) is 24.3 Å². The van der Waals surface area contributed by atoms with Crippen LogP contribution >= 0.6 is 11.8 Å². The molecule has 0 bridgehead atoms. The third kappa shape index (κ3) is 4.72. The number of ether oxygens (including phenoxy) is 1. The number of amides is 1. The molecule has 5 heteroatoms. The zero-order valence-electron chi connectivity index (χ0n) is 11.9. The van der Waals surface area contributed by atoms with Crippen molar-refractivity contribution in [2.75, 3.05) is 38.5 Å². The minimum absolute atomic E-state index is 0.229. The Morgan fingerprint density at radius 3 is 2.85 bits per heavy atom. The van der Waals surface area contributed by atoms with Crippen molar-refractivity contribution >= 4 is 17.7 Å². The van der Waals surface area contributed by atoms with Gasteiger partial charge in [0, 0.05) is 24.5 Å². The summed E-state index contributed by atoms with van der Waals surface area (Å²) in [5.74, 6) is 1.61. The molecular weight excluding hydrogens is 272 g/mol. The lowest BCUT2D eigenvalue weighted by atomic mass is 10.3. The van der Waals surface area contributed by atoms with Gasteiger partial charge in [0.15, 0.2) is 0 Å². The fourth-order valence-electron chi connectivity index (χ4n) is 2.13. The van der Waals surface area contributed by atoms with E-state index in [2.05, 4.69) is 5.32 Å². The summed E-state index contributed by atoms with van der Waals surface area (Å²) in [7, 11) is 0. The van der Waals surface area contributed by atoms with Crippen LogP contribution in [0, 0.1) is 0 Å². The molecule has 0 radical (unpaired) electrons. The number of carbonyl (C=O) groups is 1. The van der Waals surface area contributed by atoms with Crippen molar-refractivity contribution in [1.29, 1.82) is 0 Å². The Morgan fingerprint density at radius 2 is 2.10 bits per heavy atom. The molecule has 1 saturated heterocycles. The van der Waals surface area contributed by atoms with Gasteiger partial charge in [-0.3, -0.25) is 4.79 Å². The van der Waals surface area contributed by atoms with Crippen LogP contribution in [0.3, 0.4) is 0 Å². The lowest BCUT2D eigenvalue weighted by molar-refractivity contribution is -0.128. The van der Waals surface area contributed by atoms with Gasteiger partial charge in [0.1, 0.15) is 5.75 Å². The maximum absolute atomic E-state index is 12.1. The van der Waals surface area contributed by atoms with Gasteiger partial charge in [-0.05, 0) is 44.2 Å². The standard InChI is InChI=1S/C15H22N2O2S/c1-2-19-13-4-6-14(7-5-13)20-12-15(18)17-10-3-8-16-9-11-17/h4-7,16H,2-3,8-12H2,1H3. The highest BCUT2D eigenvalue weighted by atomic mass is 32.2. The zero-order chi connectivity index (χ0) is 14.2. The zero-order valence-corrected chi connectivity index (χ0v) is 12.7. The van der Waals surface area contributed by atoms with E-state index in [0.717, 1.165) is 43.2 Å². The van der Waals surface area contributed by atoms with Crippen LogP contribution in [0.4, 0.5) is 0 Å². The predicted octanol–water partition coefficient (Wildman–Crippen LogP) is 2.00. The number of nitrogens with zero attached hydrogens (tertiary/aromatic N) is 1. The fourth-order valence-corrected chi connectivity index (χ4v) is 2.93. The third-order valence-corrected chi connectivity index (χ3v) is 4.19. The van der Waals surface area contributed by atoms with Crippen LogP contribution < -0.4 is 10.1 Å². The van der Waals surface area contributed by atoms with Crippen molar-refractivity contribution in [1.82, 2.24) is 10.2 Å². The molecule has 1 aromatic carbocycles. The van der Waals surface area contributed by atoms with Crippen LogP contribution in [-0.2, 0) is 4.79 Å². The largest absolute Gasteiger partial charge is 0.494 e. The monoisotopic (exact) mass is 294 g/mol. The maximum Gasteiger partial charge on any atom is 0.232 e. The number of benzene rings is 1. The number of hydrogen-bond acceptors (Lipinski definition) is 4. The molecule has 0 atom stereocenters. The molecule has 4 nitrogen and oxygen atoms in total. The van der Waals surface area contributed by atoms with Gasteiger partial charge >= 0.3 is 0 Å². The molecule has 1 aromatic rings. The first-order valence-corrected chi connectivity index (χ1v) is 8.12. The smallest absolute Gasteiger partial charge is 0.232 e. The second-order valence-corrected chi connectivity index (χ2v) is 5.73. The molecule has 0 spiro atoms. The molecule has 1 amide bonds. The number of nitrogens with one attached hydrogen (secondary N) is 1. The first-order chi connectivity index (χ1) is 9.79. The summed E-state index contributed by atoms with van der Waals surface area (Å²) in [4.78, 5) is 15.2. The average Bonchev–Trinajstić information content (AvgIpc) is 2.76. The molecule has 0 aromatic heterocycles. The Balaban J connectivity index is 1.80. The SMILES string of the molecule is CCOc1ccc(SCC(=O)N2CCCNCC2)cc1. The summed E-state index contributed by atoms with van der Waals surface area (Å²) in [5, 5.41) is 3.31. The first-order valence-electron chi connectivity index (χ1n) is 7.13. The normalized spacial score (nSPS) is 15.8. The Bertz CT molecular complexity index is 414. The van der Waals surface area contributed by atoms with Crippen LogP contribution in [0.25, 0.3) is 0 Å². The van der Waals surface area contributed by atoms with E-state index in [9.17, 15) is 4.79 Å². The summed E-state index contributed by atoms with van der Waals surface area (Å²) in [6.45, 7) is 6.25. The van der Waals surface area contributed by atoms with Crippen molar-refractivity contribution in [3.8, 4) is 5.75 Å². The van der Waals surface area contributed by atoms with E-state index in [1.165, 1.54) is 0 Å². The topological polar surface area (TPSA) is 41.6 Å². The van der Waals surface area contributed by atoms with E-state index in [-0.39, 0.29) is 5.91 Å². The molecule has 1 heterocycles. The molecule has 2 rings (SSSR count). The van der Waals surface area contributed by atoms with E-state index >= 15 is 0 Å². The van der Waals surface area contributed by atoms with E-state index in [4.69, 9.17) is 4.74 Å². The molecule has 1 aliphatic heterocycles. The Labute approximate surface area is 124 Å². The third-order valence-electron chi connectivity index (χ3n) is 3.19. The van der Waals surface area contributed by atoms with E-state index < -0.39 is 0 Å². The van der Waals surface area contributed by atoms with Crippen LogP contribution in [0.15, 0.2) is 29.2 Å². The van der Waals surface area contributed by atoms with Gasteiger partial charge in [0.2, 0.25) is 5.91 Å². The molecule has 110 valence electrons. The van der Waals surface area contributed by atoms with Crippen LogP contribution in [0.5, 0.6) is 5.75 Å². The second-order valence-electron chi connectivity index (χ2n) is 4.68. The molecule has 1 fully saturated rings. The Hall–Kier alpha value is -1.20. The Kier molecular flexibility index (Phi) is 6.21. The molecular formula is C15H22N2O2S. The van der Waals surface area contributed by atoms with E-state index in [0.29, 0.717) is 12.4 Å². The lowest BCUT2D eigenvalue weighted by Gasteiger charge is -2.19. The lowest BCUT2D eigenvalue weighted by Crippen LogP contribution is -2.35. The number of thioether (sulfide) groups is 1. The minimum Gasteiger partial charge on any atom is -0.494 e. The summed E-state index contributed by atoms with van der Waals surface area (Å²) in [5.41, 5.74) is 0. The molecule has 1 N–H and O–H groups in total. The maximum atomic E-state index is 12.1. The average molecular weight is 294 g/mol. The van der Waals surface area contributed by atoms with Gasteiger partial charge in [-0.1, -0.05) is 0 Å². The highest BCUT2D eigenvalue weighted by Crippen LogP contribution is 2.21. The van der Waals surface area contributed by atoms with Gasteiger partial charge in [-0.15, -0.1) is 11.8 Å². The molecule has 0 aliphatic carbocycles. The second kappa shape index (κ2) is 8.17. The van der Waals surface area contributed by atoms with Gasteiger partial charge < -0.3 is 15.0 Å². The Morgan fingerprint density at radius 1 is 1.30 bits per heavy atom. The molecule has 1 aliphatic rings. The van der Waals surface area contributed by atoms with Crippen LogP contribution in [0.1, 0.15) is 13.3 Å².